The Morgan fingerprint density at radius 3 is 2.43 bits per heavy atom. The van der Waals surface area contributed by atoms with Crippen LogP contribution in [0.3, 0.4) is 0 Å². The second kappa shape index (κ2) is 7.21. The van der Waals surface area contributed by atoms with E-state index >= 15 is 0 Å². The molecule has 11 atom stereocenters. The number of hydrogen-bond acceptors (Lipinski definition) is 2. The van der Waals surface area contributed by atoms with Crippen LogP contribution in [0.5, 0.6) is 0 Å². The molecule has 2 nitrogen and oxygen atoms in total. The molecule has 5 fully saturated rings. The van der Waals surface area contributed by atoms with Crippen LogP contribution in [0.1, 0.15) is 106 Å². The van der Waals surface area contributed by atoms with Crippen molar-refractivity contribution in [3.05, 3.63) is 0 Å². The van der Waals surface area contributed by atoms with Gasteiger partial charge < -0.3 is 9.84 Å². The van der Waals surface area contributed by atoms with Gasteiger partial charge in [0, 0.05) is 11.8 Å². The number of hydrogen-bond donors (Lipinski definition) is 1. The summed E-state index contributed by atoms with van der Waals surface area (Å²) in [6, 6.07) is 0. The first kappa shape index (κ1) is 21.7. The number of fused-ring (bicyclic) bond motifs is 4. The smallest absolute Gasteiger partial charge is 0.103 e. The molecular weight excluding hydrogens is 368 g/mol. The van der Waals surface area contributed by atoms with Crippen LogP contribution in [-0.2, 0) is 4.74 Å². The first-order valence-electron chi connectivity index (χ1n) is 13.5. The number of rotatable bonds is 5. The molecule has 1 aliphatic heterocycles. The van der Waals surface area contributed by atoms with E-state index in [1.54, 1.807) is 0 Å². The highest BCUT2D eigenvalue weighted by molar-refractivity contribution is 5.24. The summed E-state index contributed by atoms with van der Waals surface area (Å²) < 4.78 is 6.52. The molecule has 172 valence electrons. The van der Waals surface area contributed by atoms with Crippen molar-refractivity contribution < 1.29 is 9.84 Å². The lowest BCUT2D eigenvalue weighted by molar-refractivity contribution is -0.116. The van der Waals surface area contributed by atoms with Gasteiger partial charge in [0.25, 0.3) is 0 Å². The molecule has 2 heteroatoms. The Labute approximate surface area is 185 Å². The molecule has 0 aromatic rings. The van der Waals surface area contributed by atoms with E-state index in [2.05, 4.69) is 41.5 Å². The molecule has 30 heavy (non-hydrogen) atoms. The second-order valence-electron chi connectivity index (χ2n) is 13.4. The maximum Gasteiger partial charge on any atom is 0.103 e. The highest BCUT2D eigenvalue weighted by Crippen LogP contribution is 2.74. The first-order chi connectivity index (χ1) is 14.1. The monoisotopic (exact) mass is 416 g/mol. The molecule has 5 aliphatic rings. The molecule has 0 radical (unpaired) electrons. The molecule has 0 bridgehead atoms. The molecule has 5 rings (SSSR count). The molecule has 0 aromatic heterocycles. The topological polar surface area (TPSA) is 32.8 Å². The fourth-order valence-corrected chi connectivity index (χ4v) is 9.69. The Morgan fingerprint density at radius 2 is 1.70 bits per heavy atom. The standard InChI is InChI=1S/C28H48O2/c1-17(2)18(3)7-8-19(4)22-9-10-23-21-15-25-28(30-25)16-20(29)11-14-27(28,6)24(21)12-13-26(22,23)5/h17-25,29H,7-16H2,1-6H3/t18-,19-,20+,21+,22-,23+,24+,25+,26-,27-,28+/m1/s1. The van der Waals surface area contributed by atoms with Gasteiger partial charge in [0.15, 0.2) is 0 Å². The number of aliphatic hydroxyl groups excluding tert-OH is 1. The lowest BCUT2D eigenvalue weighted by Gasteiger charge is -2.59. The minimum absolute atomic E-state index is 0.0395. The van der Waals surface area contributed by atoms with E-state index in [1.807, 2.05) is 0 Å². The zero-order valence-electron chi connectivity index (χ0n) is 20.6. The Kier molecular flexibility index (Phi) is 5.23. The minimum Gasteiger partial charge on any atom is -0.393 e. The minimum atomic E-state index is -0.126. The molecule has 0 unspecified atom stereocenters. The van der Waals surface area contributed by atoms with Crippen LogP contribution < -0.4 is 0 Å². The number of epoxide rings is 1. The molecule has 4 aliphatic carbocycles. The summed E-state index contributed by atoms with van der Waals surface area (Å²) in [5, 5.41) is 10.4. The van der Waals surface area contributed by atoms with E-state index in [0.717, 1.165) is 54.3 Å². The van der Waals surface area contributed by atoms with Crippen LogP contribution in [0.4, 0.5) is 0 Å². The lowest BCUT2D eigenvalue weighted by atomic mass is 9.44. The van der Waals surface area contributed by atoms with Crippen molar-refractivity contribution in [2.45, 2.75) is 124 Å². The predicted octanol–water partition coefficient (Wildman–Crippen LogP) is 6.85. The average molecular weight is 417 g/mol. The summed E-state index contributed by atoms with van der Waals surface area (Å²) in [5.41, 5.74) is 0.913. The lowest BCUT2D eigenvalue weighted by Crippen LogP contribution is -2.58. The van der Waals surface area contributed by atoms with E-state index < -0.39 is 0 Å². The highest BCUT2D eigenvalue weighted by Gasteiger charge is 2.76. The van der Waals surface area contributed by atoms with Crippen molar-refractivity contribution in [3.8, 4) is 0 Å². The third-order valence-electron chi connectivity index (χ3n) is 12.0. The summed E-state index contributed by atoms with van der Waals surface area (Å²) in [5.74, 6) is 6.09. The Hall–Kier alpha value is -0.0800. The maximum atomic E-state index is 10.4. The van der Waals surface area contributed by atoms with Gasteiger partial charge in [0.1, 0.15) is 5.60 Å². The van der Waals surface area contributed by atoms with Crippen LogP contribution in [0, 0.1) is 52.3 Å². The third kappa shape index (κ3) is 2.94. The van der Waals surface area contributed by atoms with Gasteiger partial charge in [-0.05, 0) is 91.8 Å². The predicted molar refractivity (Wildman–Crippen MR) is 123 cm³/mol. The Bertz CT molecular complexity index is 659. The zero-order valence-corrected chi connectivity index (χ0v) is 20.6. The number of aliphatic hydroxyl groups is 1. The Morgan fingerprint density at radius 1 is 0.933 bits per heavy atom. The van der Waals surface area contributed by atoms with E-state index in [1.165, 1.54) is 51.4 Å². The van der Waals surface area contributed by atoms with Crippen molar-refractivity contribution in [1.29, 1.82) is 0 Å². The van der Waals surface area contributed by atoms with Gasteiger partial charge in [-0.15, -0.1) is 0 Å². The van der Waals surface area contributed by atoms with E-state index in [0.29, 0.717) is 16.9 Å². The van der Waals surface area contributed by atoms with Crippen LogP contribution in [0.25, 0.3) is 0 Å². The second-order valence-corrected chi connectivity index (χ2v) is 13.4. The molecule has 1 spiro atoms. The molecule has 1 heterocycles. The molecule has 0 aromatic carbocycles. The molecule has 0 amide bonds. The van der Waals surface area contributed by atoms with Crippen molar-refractivity contribution in [1.82, 2.24) is 0 Å². The van der Waals surface area contributed by atoms with Crippen LogP contribution in [0.2, 0.25) is 0 Å². The van der Waals surface area contributed by atoms with Gasteiger partial charge in [0.05, 0.1) is 12.2 Å². The fraction of sp³-hybridized carbons (Fsp3) is 1.00. The van der Waals surface area contributed by atoms with Gasteiger partial charge in [-0.25, -0.2) is 0 Å². The fourth-order valence-electron chi connectivity index (χ4n) is 9.69. The van der Waals surface area contributed by atoms with Crippen molar-refractivity contribution in [3.63, 3.8) is 0 Å². The van der Waals surface area contributed by atoms with Gasteiger partial charge in [-0.3, -0.25) is 0 Å². The van der Waals surface area contributed by atoms with Crippen molar-refractivity contribution in [2.75, 3.05) is 0 Å². The van der Waals surface area contributed by atoms with Crippen LogP contribution in [0.15, 0.2) is 0 Å². The van der Waals surface area contributed by atoms with Gasteiger partial charge in [-0.1, -0.05) is 54.4 Å². The third-order valence-corrected chi connectivity index (χ3v) is 12.0. The van der Waals surface area contributed by atoms with E-state index in [4.69, 9.17) is 4.74 Å². The summed E-state index contributed by atoms with van der Waals surface area (Å²) in [6.45, 7) is 15.1. The largest absolute Gasteiger partial charge is 0.393 e. The molecule has 4 saturated carbocycles. The quantitative estimate of drug-likeness (QED) is 0.497. The summed E-state index contributed by atoms with van der Waals surface area (Å²) in [4.78, 5) is 0. The van der Waals surface area contributed by atoms with Crippen molar-refractivity contribution >= 4 is 0 Å². The normalized spacial score (nSPS) is 54.0. The SMILES string of the molecule is CC(C)[C@H](C)CC[C@@H](C)[C@H]1CC[C@H]2[C@@H]3C[C@@H]4O[C@@]45C[C@@H](O)CC[C@]5(C)[C@H]3CC[C@]12C. The molecule has 1 saturated heterocycles. The average Bonchev–Trinajstić information content (AvgIpc) is 3.27. The Balaban J connectivity index is 1.32. The molecular formula is C28H48O2. The maximum absolute atomic E-state index is 10.4. The van der Waals surface area contributed by atoms with Crippen LogP contribution in [-0.4, -0.2) is 22.9 Å². The van der Waals surface area contributed by atoms with Gasteiger partial charge >= 0.3 is 0 Å². The highest BCUT2D eigenvalue weighted by atomic mass is 16.6. The van der Waals surface area contributed by atoms with E-state index in [-0.39, 0.29) is 11.7 Å². The summed E-state index contributed by atoms with van der Waals surface area (Å²) in [6.07, 6.45) is 13.3. The zero-order chi connectivity index (χ0) is 21.5. The first-order valence-corrected chi connectivity index (χ1v) is 13.5. The number of ether oxygens (including phenoxy) is 1. The van der Waals surface area contributed by atoms with Gasteiger partial charge in [0.2, 0.25) is 0 Å². The van der Waals surface area contributed by atoms with Gasteiger partial charge in [-0.2, -0.15) is 0 Å². The van der Waals surface area contributed by atoms with Crippen LogP contribution >= 0.6 is 0 Å². The summed E-state index contributed by atoms with van der Waals surface area (Å²) >= 11 is 0. The van der Waals surface area contributed by atoms with Crippen molar-refractivity contribution in [2.24, 2.45) is 52.3 Å². The molecule has 1 N–H and O–H groups in total. The van der Waals surface area contributed by atoms with E-state index in [9.17, 15) is 5.11 Å². The summed E-state index contributed by atoms with van der Waals surface area (Å²) in [7, 11) is 0.